The molecule has 1 unspecified atom stereocenters. The number of rotatable bonds is 13. The fourth-order valence-electron chi connectivity index (χ4n) is 3.49. The van der Waals surface area contributed by atoms with Crippen LogP contribution in [-0.2, 0) is 17.8 Å². The van der Waals surface area contributed by atoms with Gasteiger partial charge in [-0.25, -0.2) is 0 Å². The molecule has 0 saturated carbocycles. The summed E-state index contributed by atoms with van der Waals surface area (Å²) in [5.41, 5.74) is 8.75. The molecule has 1 atom stereocenters. The maximum atomic E-state index is 6.12. The van der Waals surface area contributed by atoms with Gasteiger partial charge in [0.05, 0.1) is 13.2 Å². The van der Waals surface area contributed by atoms with Crippen molar-refractivity contribution in [3.8, 4) is 0 Å². The lowest BCUT2D eigenvalue weighted by Gasteiger charge is -2.32. The number of ether oxygens (including phenoxy) is 1. The number of benzene rings is 2. The van der Waals surface area contributed by atoms with Crippen molar-refractivity contribution in [3.63, 3.8) is 0 Å². The van der Waals surface area contributed by atoms with E-state index in [0.29, 0.717) is 25.1 Å². The zero-order valence-electron chi connectivity index (χ0n) is 17.0. The minimum atomic E-state index is 0.432. The van der Waals surface area contributed by atoms with E-state index < -0.39 is 0 Å². The van der Waals surface area contributed by atoms with Gasteiger partial charge < -0.3 is 10.5 Å². The van der Waals surface area contributed by atoms with Gasteiger partial charge in [-0.1, -0.05) is 74.5 Å². The quantitative estimate of drug-likeness (QED) is 0.529. The number of nitrogens with two attached hydrogens (primary N) is 1. The average Bonchev–Trinajstić information content (AvgIpc) is 2.69. The first-order valence-electron chi connectivity index (χ1n) is 10.3. The van der Waals surface area contributed by atoms with E-state index >= 15 is 0 Å². The molecular formula is C24H36N2O. The second-order valence-electron chi connectivity index (χ2n) is 7.68. The lowest BCUT2D eigenvalue weighted by atomic mass is 10.0. The average molecular weight is 369 g/mol. The Morgan fingerprint density at radius 2 is 1.52 bits per heavy atom. The molecule has 0 bridgehead atoms. The highest BCUT2D eigenvalue weighted by molar-refractivity contribution is 5.14. The van der Waals surface area contributed by atoms with E-state index in [0.717, 1.165) is 39.0 Å². The maximum Gasteiger partial charge on any atom is 0.0717 e. The van der Waals surface area contributed by atoms with Crippen LogP contribution in [-0.4, -0.2) is 37.2 Å². The van der Waals surface area contributed by atoms with Crippen LogP contribution in [0.25, 0.3) is 0 Å². The third kappa shape index (κ3) is 8.70. The van der Waals surface area contributed by atoms with E-state index in [4.69, 9.17) is 10.5 Å². The summed E-state index contributed by atoms with van der Waals surface area (Å²) < 4.78 is 5.93. The van der Waals surface area contributed by atoms with E-state index in [-0.39, 0.29) is 0 Å². The molecule has 0 saturated heterocycles. The number of hydrogen-bond acceptors (Lipinski definition) is 3. The smallest absolute Gasteiger partial charge is 0.0717 e. The predicted molar refractivity (Wildman–Crippen MR) is 115 cm³/mol. The first-order valence-corrected chi connectivity index (χ1v) is 10.3. The molecule has 2 aromatic rings. The second-order valence-corrected chi connectivity index (χ2v) is 7.68. The van der Waals surface area contributed by atoms with Crippen molar-refractivity contribution in [1.29, 1.82) is 0 Å². The molecule has 0 spiro atoms. The van der Waals surface area contributed by atoms with Gasteiger partial charge in [0.1, 0.15) is 0 Å². The molecule has 0 aliphatic heterocycles. The van der Waals surface area contributed by atoms with Crippen LogP contribution in [0, 0.1) is 5.92 Å². The van der Waals surface area contributed by atoms with Crippen molar-refractivity contribution >= 4 is 0 Å². The summed E-state index contributed by atoms with van der Waals surface area (Å²) in [6.45, 7) is 8.69. The molecule has 2 N–H and O–H groups in total. The zero-order valence-corrected chi connectivity index (χ0v) is 17.0. The van der Waals surface area contributed by atoms with Crippen LogP contribution in [0.4, 0.5) is 0 Å². The third-order valence-corrected chi connectivity index (χ3v) is 4.92. The molecule has 2 aromatic carbocycles. The largest absolute Gasteiger partial charge is 0.375 e. The summed E-state index contributed by atoms with van der Waals surface area (Å²) in [6, 6.07) is 21.5. The maximum absolute atomic E-state index is 6.12. The van der Waals surface area contributed by atoms with Crippen LogP contribution in [0.2, 0.25) is 0 Å². The number of aryl methyl sites for hydroxylation is 1. The molecule has 0 aliphatic carbocycles. The molecule has 3 heteroatoms. The molecule has 148 valence electrons. The summed E-state index contributed by atoms with van der Waals surface area (Å²) in [6.07, 6.45) is 3.40. The molecule has 0 aromatic heterocycles. The van der Waals surface area contributed by atoms with E-state index in [1.165, 1.54) is 11.1 Å². The minimum Gasteiger partial charge on any atom is -0.375 e. The van der Waals surface area contributed by atoms with Gasteiger partial charge >= 0.3 is 0 Å². The lowest BCUT2D eigenvalue weighted by molar-refractivity contribution is 0.0734. The summed E-state index contributed by atoms with van der Waals surface area (Å²) in [4.78, 5) is 2.54. The Bertz CT molecular complexity index is 600. The van der Waals surface area contributed by atoms with Crippen molar-refractivity contribution in [3.05, 3.63) is 71.8 Å². The van der Waals surface area contributed by atoms with Crippen LogP contribution in [0.5, 0.6) is 0 Å². The molecule has 0 heterocycles. The van der Waals surface area contributed by atoms with Crippen molar-refractivity contribution < 1.29 is 4.74 Å². The monoisotopic (exact) mass is 368 g/mol. The van der Waals surface area contributed by atoms with E-state index in [1.54, 1.807) is 0 Å². The highest BCUT2D eigenvalue weighted by Gasteiger charge is 2.18. The van der Waals surface area contributed by atoms with Gasteiger partial charge in [-0.15, -0.1) is 0 Å². The van der Waals surface area contributed by atoms with Crippen LogP contribution < -0.4 is 5.73 Å². The van der Waals surface area contributed by atoms with Gasteiger partial charge in [0.2, 0.25) is 0 Å². The molecule has 0 fully saturated rings. The normalized spacial score (nSPS) is 12.6. The predicted octanol–water partition coefficient (Wildman–Crippen LogP) is 4.51. The minimum absolute atomic E-state index is 0.432. The van der Waals surface area contributed by atoms with Crippen molar-refractivity contribution in [1.82, 2.24) is 4.90 Å². The molecule has 0 radical (unpaired) electrons. The molecule has 0 amide bonds. The zero-order chi connectivity index (χ0) is 19.3. The molecule has 2 rings (SSSR count). The summed E-state index contributed by atoms with van der Waals surface area (Å²) >= 11 is 0. The van der Waals surface area contributed by atoms with Gasteiger partial charge in [-0.05, 0) is 42.9 Å². The fourth-order valence-corrected chi connectivity index (χ4v) is 3.49. The SMILES string of the molecule is CC(C)CC(CN)N(CCCc1ccccc1)CCOCc1ccccc1. The first-order chi connectivity index (χ1) is 13.2. The number of nitrogens with zero attached hydrogens (tertiary/aromatic N) is 1. The highest BCUT2D eigenvalue weighted by Crippen LogP contribution is 2.13. The Kier molecular flexibility index (Phi) is 10.1. The Morgan fingerprint density at radius 3 is 2.11 bits per heavy atom. The Hall–Kier alpha value is -1.68. The van der Waals surface area contributed by atoms with E-state index in [2.05, 4.69) is 73.3 Å². The van der Waals surface area contributed by atoms with Gasteiger partial charge in [0, 0.05) is 19.1 Å². The van der Waals surface area contributed by atoms with Gasteiger partial charge in [0.15, 0.2) is 0 Å². The fraction of sp³-hybridized carbons (Fsp3) is 0.500. The summed E-state index contributed by atoms with van der Waals surface area (Å²) in [7, 11) is 0. The standard InChI is InChI=1S/C24H36N2O/c1-21(2)18-24(19-25)26(15-9-14-22-10-5-3-6-11-22)16-17-27-20-23-12-7-4-8-13-23/h3-8,10-13,21,24H,9,14-20,25H2,1-2H3. The lowest BCUT2D eigenvalue weighted by Crippen LogP contribution is -2.43. The summed E-state index contributed by atoms with van der Waals surface area (Å²) in [5, 5.41) is 0. The van der Waals surface area contributed by atoms with Gasteiger partial charge in [0.25, 0.3) is 0 Å². The first kappa shape index (κ1) is 21.6. The highest BCUT2D eigenvalue weighted by atomic mass is 16.5. The van der Waals surface area contributed by atoms with Crippen LogP contribution in [0.3, 0.4) is 0 Å². The van der Waals surface area contributed by atoms with Crippen LogP contribution >= 0.6 is 0 Å². The van der Waals surface area contributed by atoms with Gasteiger partial charge in [-0.3, -0.25) is 4.90 Å². The van der Waals surface area contributed by atoms with Crippen molar-refractivity contribution in [2.24, 2.45) is 11.7 Å². The second kappa shape index (κ2) is 12.7. The van der Waals surface area contributed by atoms with Gasteiger partial charge in [-0.2, -0.15) is 0 Å². The topological polar surface area (TPSA) is 38.5 Å². The molecule has 0 aliphatic rings. The third-order valence-electron chi connectivity index (χ3n) is 4.92. The number of hydrogen-bond donors (Lipinski definition) is 1. The molecule has 3 nitrogen and oxygen atoms in total. The Labute approximate surface area is 165 Å². The van der Waals surface area contributed by atoms with E-state index in [1.807, 2.05) is 6.07 Å². The Balaban J connectivity index is 1.82. The summed E-state index contributed by atoms with van der Waals surface area (Å²) in [5.74, 6) is 0.653. The van der Waals surface area contributed by atoms with Crippen molar-refractivity contribution in [2.75, 3.05) is 26.2 Å². The van der Waals surface area contributed by atoms with Crippen LogP contribution in [0.15, 0.2) is 60.7 Å². The molecular weight excluding hydrogens is 332 g/mol. The van der Waals surface area contributed by atoms with Crippen molar-refractivity contribution in [2.45, 2.75) is 45.8 Å². The molecule has 27 heavy (non-hydrogen) atoms. The van der Waals surface area contributed by atoms with E-state index in [9.17, 15) is 0 Å². The van der Waals surface area contributed by atoms with Crippen LogP contribution in [0.1, 0.15) is 37.8 Å². The Morgan fingerprint density at radius 1 is 0.889 bits per heavy atom.